The molecule has 0 radical (unpaired) electrons. The molecule has 6 atom stereocenters. The molecule has 0 amide bonds. The minimum Gasteiger partial charge on any atom is -1.00 e. The first-order valence-corrected chi connectivity index (χ1v) is 30.4. The molecular weight excluding hydrogens is 1200 g/mol. The van der Waals surface area contributed by atoms with Gasteiger partial charge in [0.2, 0.25) is 0 Å². The van der Waals surface area contributed by atoms with E-state index in [1.54, 1.807) is 18.3 Å². The maximum atomic E-state index is 13.3. The third-order valence-corrected chi connectivity index (χ3v) is 18.7. The van der Waals surface area contributed by atoms with Crippen molar-refractivity contribution in [3.63, 3.8) is 0 Å². The summed E-state index contributed by atoms with van der Waals surface area (Å²) in [4.78, 5) is 43.8. The van der Waals surface area contributed by atoms with Gasteiger partial charge in [0.05, 0.1) is 54.2 Å². The van der Waals surface area contributed by atoms with E-state index in [4.69, 9.17) is 45.1 Å². The molecule has 4 bridgehead atoms. The fraction of sp³-hybridized carbons (Fsp3) is 0.518. The smallest absolute Gasteiger partial charge is 0.265 e. The van der Waals surface area contributed by atoms with Gasteiger partial charge in [0, 0.05) is 88.4 Å². The summed E-state index contributed by atoms with van der Waals surface area (Å²) in [5, 5.41) is 2.84. The summed E-state index contributed by atoms with van der Waals surface area (Å²) < 4.78 is 103. The van der Waals surface area contributed by atoms with Crippen molar-refractivity contribution in [2.45, 2.75) is 138 Å². The third-order valence-electron chi connectivity index (χ3n) is 16.1. The highest BCUT2D eigenvalue weighted by molar-refractivity contribution is 7.86. The average molecular weight is 1270 g/mol. The van der Waals surface area contributed by atoms with Crippen LogP contribution in [0.5, 0.6) is 0 Å². The van der Waals surface area contributed by atoms with E-state index in [1.165, 1.54) is 31.2 Å². The number of aromatic amines is 3. The highest BCUT2D eigenvalue weighted by atomic mass is 35.5. The third kappa shape index (κ3) is 17.0. The number of carbonyl (C=O) groups excluding carboxylic acids is 3. The van der Waals surface area contributed by atoms with Crippen LogP contribution in [0.25, 0.3) is 32.7 Å². The largest absolute Gasteiger partial charge is 1.00 e. The van der Waals surface area contributed by atoms with Gasteiger partial charge in [-0.25, -0.2) is 21.6 Å². The number of benzene rings is 3. The van der Waals surface area contributed by atoms with Crippen LogP contribution >= 0.6 is 48.3 Å². The Balaban J connectivity index is 0.000000260. The Bertz CT molecular complexity index is 3270. The molecule has 4 aliphatic rings. The van der Waals surface area contributed by atoms with Crippen molar-refractivity contribution in [1.29, 1.82) is 0 Å². The van der Waals surface area contributed by atoms with E-state index >= 15 is 0 Å². The number of halogens is 7. The molecule has 0 saturated heterocycles. The molecule has 3 aromatic carbocycles. The second kappa shape index (κ2) is 28.0. The second-order valence-corrected chi connectivity index (χ2v) is 27.5. The van der Waals surface area contributed by atoms with Crippen molar-refractivity contribution >= 4 is 119 Å². The summed E-state index contributed by atoms with van der Waals surface area (Å²) in [5.74, 6) is -1.57. The first-order valence-electron chi connectivity index (χ1n) is 26.1. The molecule has 81 heavy (non-hydrogen) atoms. The summed E-state index contributed by atoms with van der Waals surface area (Å²) in [6.45, 7) is 17.3. The number of quaternary nitrogens is 2. The Hall–Kier alpha value is -3.71. The summed E-state index contributed by atoms with van der Waals surface area (Å²) >= 11 is 17.0. The number of H-pyrrole nitrogens is 3. The van der Waals surface area contributed by atoms with Crippen molar-refractivity contribution in [2.75, 3.05) is 11.5 Å². The van der Waals surface area contributed by atoms with Gasteiger partial charge >= 0.3 is 0 Å². The molecule has 452 valence electrons. The number of nitrogens with two attached hydrogens (primary N) is 1. The molecule has 0 aliphatic heterocycles. The minimum absolute atomic E-state index is 0. The quantitative estimate of drug-likeness (QED) is 0.0688. The van der Waals surface area contributed by atoms with E-state index in [0.717, 1.165) is 69.7 Å². The maximum absolute atomic E-state index is 13.3. The number of Topliss-reactive ketones (excluding diaryl/α,β-unsaturated/α-hetero) is 3. The van der Waals surface area contributed by atoms with Crippen molar-refractivity contribution in [1.82, 2.24) is 15.0 Å². The standard InChI is InChI=1S/2C11H12ClFN2.C11H9ClFNO.2C10H16O4S.C3H9N.ClH.H2S/c2*1-6(14)2-7-5-15-11-4-9(12)10(13)3-8(7)11;1-6(15)2-7-5-14-11-4-9(12)10(13)3-8(7)11;2*1-9(2)7-3-4-10(9,8(11)5-7)6-15(12,13)14;1-3(2)4;;/h2*3-6,15H,2,14H2,1H3;3-5,14H,2H2,1H3;2*7H,3-6H2,1-2H3,(H,12,13,14);3H,4H2,1-2H3;1H;1H2. The minimum atomic E-state index is -4.33. The summed E-state index contributed by atoms with van der Waals surface area (Å²) in [6, 6.07) is 9.96. The summed E-state index contributed by atoms with van der Waals surface area (Å²) in [6.07, 6.45) is 11.2. The lowest BCUT2D eigenvalue weighted by Crippen LogP contribution is -3.00. The van der Waals surface area contributed by atoms with Crippen molar-refractivity contribution in [3.8, 4) is 0 Å². The number of rotatable bonds is 10. The number of aromatic nitrogens is 3. The van der Waals surface area contributed by atoms with E-state index < -0.39 is 54.2 Å². The zero-order valence-electron chi connectivity index (χ0n) is 47.0. The van der Waals surface area contributed by atoms with Crippen LogP contribution in [0, 0.1) is 50.9 Å². The lowest BCUT2D eigenvalue weighted by Gasteiger charge is -2.37. The summed E-state index contributed by atoms with van der Waals surface area (Å²) in [5.41, 5.74) is 16.3. The number of nitrogens with one attached hydrogen (secondary N) is 3. The number of fused-ring (bicyclic) bond motifs is 7. The molecule has 12 N–H and O–H groups in total. The number of hydrogen-bond acceptors (Lipinski definition) is 9. The molecule has 6 aromatic rings. The van der Waals surface area contributed by atoms with E-state index in [1.807, 2.05) is 53.9 Å². The number of hydrogen-bond donors (Lipinski definition) is 7. The molecule has 3 heterocycles. The number of ketones is 3. The molecular formula is C56H77Cl4F3N6O9S3. The Kier molecular flexibility index (Phi) is 24.7. The normalized spacial score (nSPS) is 21.7. The van der Waals surface area contributed by atoms with Gasteiger partial charge < -0.3 is 49.1 Å². The highest BCUT2D eigenvalue weighted by Crippen LogP contribution is 2.65. The monoisotopic (exact) mass is 1270 g/mol. The highest BCUT2D eigenvalue weighted by Gasteiger charge is 2.66. The van der Waals surface area contributed by atoms with Crippen molar-refractivity contribution in [2.24, 2.45) is 39.2 Å². The molecule has 15 nitrogen and oxygen atoms in total. The Morgan fingerprint density at radius 2 is 1.02 bits per heavy atom. The van der Waals surface area contributed by atoms with E-state index in [9.17, 15) is 48.9 Å². The SMILES string of the molecule is CC(=O)Cc1c[nH]c2cc(Cl)c(F)cc12.CC(C)[NH3+].CC(N)Cc1c[nH]c2cc(Cl)c(F)cc12.CC([NH3+])Cc1c[nH]c2cc(Cl)c(F)cc12.CC1(C)C2CCC1(CS(=O)(=O)O)C(=O)C2.CC1(C)C2CCC1(CS(=O)(=O)[O-])C(=O)C2.S.[Cl-]. The van der Waals surface area contributed by atoms with Gasteiger partial charge in [0.25, 0.3) is 10.1 Å². The Morgan fingerprint density at radius 3 is 1.31 bits per heavy atom. The van der Waals surface area contributed by atoms with Gasteiger partial charge in [-0.15, -0.1) is 0 Å². The molecule has 3 aromatic heterocycles. The molecule has 0 spiro atoms. The van der Waals surface area contributed by atoms with Gasteiger partial charge in [0.15, 0.2) is 0 Å². The van der Waals surface area contributed by atoms with Gasteiger partial charge in [-0.2, -0.15) is 21.9 Å². The van der Waals surface area contributed by atoms with Crippen LogP contribution in [0.15, 0.2) is 55.0 Å². The van der Waals surface area contributed by atoms with Crippen LogP contribution in [-0.2, 0) is 53.9 Å². The first kappa shape index (κ1) is 71.6. The Morgan fingerprint density at radius 1 is 0.691 bits per heavy atom. The van der Waals surface area contributed by atoms with Crippen LogP contribution in [0.2, 0.25) is 15.1 Å². The van der Waals surface area contributed by atoms with E-state index in [0.29, 0.717) is 49.6 Å². The zero-order chi connectivity index (χ0) is 59.5. The predicted molar refractivity (Wildman–Crippen MR) is 314 cm³/mol. The van der Waals surface area contributed by atoms with Gasteiger partial charge in [-0.1, -0.05) is 62.5 Å². The molecule has 25 heteroatoms. The topological polar surface area (TPSA) is 291 Å². The predicted octanol–water partition coefficient (Wildman–Crippen LogP) is 7.03. The van der Waals surface area contributed by atoms with Crippen LogP contribution in [-0.4, -0.2) is 87.9 Å². The van der Waals surface area contributed by atoms with E-state index in [2.05, 4.69) is 40.3 Å². The molecule has 10 rings (SSSR count). The lowest BCUT2D eigenvalue weighted by molar-refractivity contribution is -0.413. The average Bonchev–Trinajstić information content (AvgIpc) is 4.14. The van der Waals surface area contributed by atoms with Crippen LogP contribution in [0.1, 0.15) is 118 Å². The zero-order valence-corrected chi connectivity index (χ0v) is 52.7. The van der Waals surface area contributed by atoms with Crippen LogP contribution in [0.3, 0.4) is 0 Å². The van der Waals surface area contributed by atoms with E-state index in [-0.39, 0.29) is 92.8 Å². The fourth-order valence-corrected chi connectivity index (χ4v) is 14.9. The van der Waals surface area contributed by atoms with Gasteiger partial charge in [-0.3, -0.25) is 18.9 Å². The molecule has 4 aliphatic carbocycles. The maximum Gasteiger partial charge on any atom is 0.265 e. The second-order valence-electron chi connectivity index (χ2n) is 23.4. The van der Waals surface area contributed by atoms with Crippen molar-refractivity contribution < 1.29 is 77.4 Å². The van der Waals surface area contributed by atoms with Crippen LogP contribution < -0.4 is 29.6 Å². The van der Waals surface area contributed by atoms with Crippen molar-refractivity contribution in [3.05, 3.63) is 104 Å². The van der Waals surface area contributed by atoms with Gasteiger partial charge in [0.1, 0.15) is 34.8 Å². The van der Waals surface area contributed by atoms with Crippen LogP contribution in [0.4, 0.5) is 13.2 Å². The van der Waals surface area contributed by atoms with Gasteiger partial charge in [-0.05, 0) is 142 Å². The molecule has 4 saturated carbocycles. The lowest BCUT2D eigenvalue weighted by atomic mass is 9.70. The Labute approximate surface area is 500 Å². The molecule has 6 unspecified atom stereocenters. The number of carbonyl (C=O) groups is 3. The first-order chi connectivity index (χ1) is 36.3. The fourth-order valence-electron chi connectivity index (χ4n) is 11.8. The summed E-state index contributed by atoms with van der Waals surface area (Å²) in [7, 11) is -8.40. The molecule has 4 fully saturated rings.